The van der Waals surface area contributed by atoms with E-state index in [4.69, 9.17) is 11.2 Å². The van der Waals surface area contributed by atoms with Crippen molar-refractivity contribution in [3.8, 4) is 5.75 Å². The van der Waals surface area contributed by atoms with Gasteiger partial charge in [0.25, 0.3) is 0 Å². The van der Waals surface area contributed by atoms with Crippen molar-refractivity contribution in [3.05, 3.63) is 29.3 Å². The third kappa shape index (κ3) is 2.42. The molecule has 0 saturated carbocycles. The molecule has 1 fully saturated rings. The Bertz CT molecular complexity index is 350. The predicted octanol–water partition coefficient (Wildman–Crippen LogP) is 2.49. The van der Waals surface area contributed by atoms with E-state index >= 15 is 0 Å². The molecule has 16 heavy (non-hydrogen) atoms. The predicted molar refractivity (Wildman–Crippen MR) is 63.4 cm³/mol. The van der Waals surface area contributed by atoms with Crippen LogP contribution in [-0.2, 0) is 7.45 Å². The first kappa shape index (κ1) is 12.0. The van der Waals surface area contributed by atoms with Crippen LogP contribution in [0.1, 0.15) is 25.0 Å². The Hall–Kier alpha value is -0.502. The van der Waals surface area contributed by atoms with Gasteiger partial charge in [-0.2, -0.15) is 0 Å². The van der Waals surface area contributed by atoms with Crippen molar-refractivity contribution in [3.63, 3.8) is 0 Å². The van der Waals surface area contributed by atoms with Crippen LogP contribution in [-0.4, -0.2) is 27.9 Å². The Labute approximate surface area is 102 Å². The van der Waals surface area contributed by atoms with Crippen molar-refractivity contribution in [1.29, 1.82) is 0 Å². The van der Waals surface area contributed by atoms with Crippen molar-refractivity contribution >= 4 is 15.7 Å². The number of hydrogen-bond donors (Lipinski definition) is 0. The molecule has 4 heteroatoms. The van der Waals surface area contributed by atoms with Crippen molar-refractivity contribution in [2.75, 3.05) is 0 Å². The zero-order chi connectivity index (χ0) is 11.7. The molecule has 1 aromatic rings. The molecule has 0 aromatic heterocycles. The quantitative estimate of drug-likeness (QED) is 0.781. The summed E-state index contributed by atoms with van der Waals surface area (Å²) in [6, 6.07) is 6.11. The molecule has 2 rings (SSSR count). The molecule has 0 N–H and O–H groups in total. The molecule has 1 aliphatic rings. The van der Waals surface area contributed by atoms with Crippen LogP contribution >= 0.6 is 0 Å². The maximum atomic E-state index is 5.88. The van der Waals surface area contributed by atoms with Gasteiger partial charge in [0.2, 0.25) is 0 Å². The fourth-order valence-electron chi connectivity index (χ4n) is 1.53. The van der Waals surface area contributed by atoms with E-state index in [1.165, 1.54) is 0 Å². The van der Waals surface area contributed by atoms with E-state index in [-0.39, 0.29) is 12.2 Å². The summed E-state index contributed by atoms with van der Waals surface area (Å²) in [5.74, 6) is 0.920. The summed E-state index contributed by atoms with van der Waals surface area (Å²) in [5.41, 5.74) is 2.27. The Morgan fingerprint density at radius 3 is 2.06 bits per heavy atom. The van der Waals surface area contributed by atoms with Gasteiger partial charge in [-0.25, -0.2) is 0 Å². The van der Waals surface area contributed by atoms with Crippen LogP contribution < -0.4 is 3.73 Å². The molecule has 1 aliphatic heterocycles. The van der Waals surface area contributed by atoms with Crippen molar-refractivity contribution in [2.45, 2.75) is 39.9 Å². The summed E-state index contributed by atoms with van der Waals surface area (Å²) in [4.78, 5) is 0. The standard InChI is InChI=1S/C12H17AsO3/c1-8-6-5-7-9(2)12(8)16-13-14-10(3)11(4)15-13/h5-7,10-11H,1-4H3. The number of hydrogen-bond acceptors (Lipinski definition) is 3. The second kappa shape index (κ2) is 4.78. The molecule has 0 radical (unpaired) electrons. The van der Waals surface area contributed by atoms with Crippen LogP contribution in [0.2, 0.25) is 0 Å². The number of rotatable bonds is 2. The molecule has 1 saturated heterocycles. The van der Waals surface area contributed by atoms with Crippen molar-refractivity contribution < 1.29 is 11.2 Å². The molecule has 2 atom stereocenters. The van der Waals surface area contributed by atoms with Crippen molar-refractivity contribution in [2.24, 2.45) is 0 Å². The second-order valence-corrected chi connectivity index (χ2v) is 6.36. The van der Waals surface area contributed by atoms with Gasteiger partial charge in [-0.05, 0) is 0 Å². The van der Waals surface area contributed by atoms with Crippen LogP contribution in [0.4, 0.5) is 0 Å². The first-order valence-electron chi connectivity index (χ1n) is 5.46. The van der Waals surface area contributed by atoms with Gasteiger partial charge in [0, 0.05) is 0 Å². The van der Waals surface area contributed by atoms with Gasteiger partial charge in [-0.1, -0.05) is 0 Å². The molecule has 1 heterocycles. The Balaban J connectivity index is 2.10. The molecule has 88 valence electrons. The summed E-state index contributed by atoms with van der Waals surface area (Å²) in [6.45, 7) is 8.13. The van der Waals surface area contributed by atoms with Crippen LogP contribution in [0.5, 0.6) is 5.75 Å². The fraction of sp³-hybridized carbons (Fsp3) is 0.500. The molecule has 0 amide bonds. The zero-order valence-corrected chi connectivity index (χ0v) is 11.9. The van der Waals surface area contributed by atoms with E-state index < -0.39 is 15.7 Å². The minimum atomic E-state index is -2.05. The molecule has 1 aromatic carbocycles. The third-order valence-electron chi connectivity index (χ3n) is 2.74. The number of para-hydroxylation sites is 1. The number of aryl methyl sites for hydroxylation is 2. The van der Waals surface area contributed by atoms with Crippen LogP contribution in [0.3, 0.4) is 0 Å². The molecular formula is C12H17AsO3. The monoisotopic (exact) mass is 284 g/mol. The van der Waals surface area contributed by atoms with E-state index in [2.05, 4.69) is 0 Å². The molecule has 2 unspecified atom stereocenters. The molecule has 0 bridgehead atoms. The summed E-state index contributed by atoms with van der Waals surface area (Å²) >= 11 is -2.05. The minimum absolute atomic E-state index is 0.143. The summed E-state index contributed by atoms with van der Waals surface area (Å²) in [7, 11) is 0. The van der Waals surface area contributed by atoms with E-state index in [1.807, 2.05) is 45.9 Å². The van der Waals surface area contributed by atoms with E-state index in [9.17, 15) is 0 Å². The maximum absolute atomic E-state index is 5.88. The Kier molecular flexibility index (Phi) is 3.58. The van der Waals surface area contributed by atoms with Gasteiger partial charge >= 0.3 is 102 Å². The summed E-state index contributed by atoms with van der Waals surface area (Å²) in [6.07, 6.45) is 0.286. The average molecular weight is 284 g/mol. The zero-order valence-electron chi connectivity index (χ0n) is 10.1. The number of benzene rings is 1. The van der Waals surface area contributed by atoms with Gasteiger partial charge < -0.3 is 0 Å². The van der Waals surface area contributed by atoms with E-state index in [0.717, 1.165) is 16.9 Å². The topological polar surface area (TPSA) is 27.7 Å². The second-order valence-electron chi connectivity index (χ2n) is 4.16. The van der Waals surface area contributed by atoms with E-state index in [1.54, 1.807) is 0 Å². The van der Waals surface area contributed by atoms with Gasteiger partial charge in [0.1, 0.15) is 0 Å². The van der Waals surface area contributed by atoms with Gasteiger partial charge in [0.15, 0.2) is 0 Å². The van der Waals surface area contributed by atoms with E-state index in [0.29, 0.717) is 0 Å². The average Bonchev–Trinajstić information content (AvgIpc) is 2.53. The molecule has 0 spiro atoms. The molecule has 3 nitrogen and oxygen atoms in total. The van der Waals surface area contributed by atoms with Crippen LogP contribution in [0, 0.1) is 13.8 Å². The summed E-state index contributed by atoms with van der Waals surface area (Å²) in [5, 5.41) is 0. The van der Waals surface area contributed by atoms with Gasteiger partial charge in [-0.3, -0.25) is 0 Å². The van der Waals surface area contributed by atoms with Crippen molar-refractivity contribution in [1.82, 2.24) is 0 Å². The Morgan fingerprint density at radius 2 is 1.56 bits per heavy atom. The Morgan fingerprint density at radius 1 is 1.06 bits per heavy atom. The summed E-state index contributed by atoms with van der Waals surface area (Å²) < 4.78 is 17.3. The third-order valence-corrected chi connectivity index (χ3v) is 5.55. The fourth-order valence-corrected chi connectivity index (χ4v) is 4.59. The first-order valence-corrected chi connectivity index (χ1v) is 7.75. The molecule has 0 aliphatic carbocycles. The van der Waals surface area contributed by atoms with Crippen LogP contribution in [0.15, 0.2) is 18.2 Å². The molecular weight excluding hydrogens is 267 g/mol. The van der Waals surface area contributed by atoms with Crippen LogP contribution in [0.25, 0.3) is 0 Å². The SMILES string of the molecule is Cc1cccc(C)c1O[As]1OC(C)C(C)O1. The first-order chi connectivity index (χ1) is 7.58. The van der Waals surface area contributed by atoms with Gasteiger partial charge in [-0.15, -0.1) is 0 Å². The van der Waals surface area contributed by atoms with Gasteiger partial charge in [0.05, 0.1) is 0 Å². The normalized spacial score (nSPS) is 29.4.